The van der Waals surface area contributed by atoms with Crippen LogP contribution in [0, 0.1) is 0 Å². The van der Waals surface area contributed by atoms with E-state index in [1.165, 1.54) is 38.2 Å². The quantitative estimate of drug-likeness (QED) is 0.454. The van der Waals surface area contributed by atoms with Crippen molar-refractivity contribution in [3.05, 3.63) is 66.6 Å². The van der Waals surface area contributed by atoms with E-state index in [-0.39, 0.29) is 50.4 Å². The third-order valence-corrected chi connectivity index (χ3v) is 4.81. The fourth-order valence-electron chi connectivity index (χ4n) is 2.49. The zero-order valence-electron chi connectivity index (χ0n) is 17.3. The van der Waals surface area contributed by atoms with Gasteiger partial charge >= 0.3 is 11.9 Å². The molecule has 0 aliphatic carbocycles. The molecule has 0 radical (unpaired) electrons. The van der Waals surface area contributed by atoms with Crippen LogP contribution in [-0.2, 0) is 22.8 Å². The molecule has 2 aromatic rings. The maximum absolute atomic E-state index is 13.1. The van der Waals surface area contributed by atoms with Crippen molar-refractivity contribution in [3.8, 4) is 11.4 Å². The summed E-state index contributed by atoms with van der Waals surface area (Å²) >= 11 is 12.2. The molecule has 13 heteroatoms. The summed E-state index contributed by atoms with van der Waals surface area (Å²) in [7, 11) is 5.27. The Balaban J connectivity index is 2.53. The third-order valence-electron chi connectivity index (χ3n) is 4.21. The minimum Gasteiger partial charge on any atom is -0.497 e. The van der Waals surface area contributed by atoms with Gasteiger partial charge in [-0.05, 0) is 6.07 Å². The molecule has 1 aromatic heterocycles. The summed E-state index contributed by atoms with van der Waals surface area (Å²) in [6.45, 7) is -0.253. The number of nitrogens with zero attached hydrogens (tertiary/aromatic N) is 3. The topological polar surface area (TPSA) is 82.8 Å². The highest BCUT2D eigenvalue weighted by Crippen LogP contribution is 2.33. The number of rotatable bonds is 6. The van der Waals surface area contributed by atoms with E-state index in [1.807, 2.05) is 0 Å². The van der Waals surface area contributed by atoms with E-state index >= 15 is 0 Å². The number of aromatic nitrogens is 2. The SMILES string of the molecule is CO/C(=C/C(=O)N(C)C)COc1cc(-n2c(=O)cc(C(F)(F)F)n(C)c2=O)c(Cl)cc1Cl. The van der Waals surface area contributed by atoms with E-state index in [0.717, 1.165) is 13.1 Å². The number of benzene rings is 1. The predicted molar refractivity (Wildman–Crippen MR) is 112 cm³/mol. The van der Waals surface area contributed by atoms with Crippen molar-refractivity contribution in [1.29, 1.82) is 0 Å². The molecule has 1 heterocycles. The molecule has 0 spiro atoms. The molecule has 0 saturated carbocycles. The highest BCUT2D eigenvalue weighted by atomic mass is 35.5. The van der Waals surface area contributed by atoms with Crippen molar-refractivity contribution in [2.75, 3.05) is 27.8 Å². The summed E-state index contributed by atoms with van der Waals surface area (Å²) < 4.78 is 50.6. The second-order valence-electron chi connectivity index (χ2n) is 6.61. The Morgan fingerprint density at radius 2 is 1.78 bits per heavy atom. The smallest absolute Gasteiger partial charge is 0.431 e. The number of methoxy groups -OCH3 is 1. The number of carbonyl (C=O) groups excluding carboxylic acids is 1. The lowest BCUT2D eigenvalue weighted by Gasteiger charge is -2.16. The van der Waals surface area contributed by atoms with Crippen LogP contribution in [0.2, 0.25) is 10.0 Å². The molecular weight excluding hydrogens is 478 g/mol. The number of alkyl halides is 3. The van der Waals surface area contributed by atoms with Gasteiger partial charge in [0, 0.05) is 39.4 Å². The normalized spacial score (nSPS) is 12.0. The van der Waals surface area contributed by atoms with E-state index in [4.69, 9.17) is 32.7 Å². The van der Waals surface area contributed by atoms with Gasteiger partial charge in [-0.3, -0.25) is 14.2 Å². The van der Waals surface area contributed by atoms with Crippen LogP contribution in [0.25, 0.3) is 5.69 Å². The van der Waals surface area contributed by atoms with Crippen LogP contribution in [0.4, 0.5) is 13.2 Å². The van der Waals surface area contributed by atoms with Crippen molar-refractivity contribution in [2.45, 2.75) is 6.18 Å². The van der Waals surface area contributed by atoms with Crippen LogP contribution in [-0.4, -0.2) is 47.8 Å². The Morgan fingerprint density at radius 1 is 1.16 bits per heavy atom. The maximum atomic E-state index is 13.1. The Morgan fingerprint density at radius 3 is 2.31 bits per heavy atom. The number of hydrogen-bond donors (Lipinski definition) is 0. The van der Waals surface area contributed by atoms with Crippen LogP contribution in [0.5, 0.6) is 5.75 Å². The zero-order valence-corrected chi connectivity index (χ0v) is 18.8. The number of carbonyl (C=O) groups is 1. The second kappa shape index (κ2) is 9.70. The lowest BCUT2D eigenvalue weighted by Crippen LogP contribution is -2.40. The molecule has 0 aliphatic heterocycles. The van der Waals surface area contributed by atoms with Gasteiger partial charge in [0.1, 0.15) is 23.8 Å². The van der Waals surface area contributed by atoms with Crippen LogP contribution < -0.4 is 16.0 Å². The molecule has 0 bridgehead atoms. The number of likely N-dealkylation sites (N-methyl/N-ethyl adjacent to an activating group) is 1. The van der Waals surface area contributed by atoms with E-state index < -0.39 is 23.1 Å². The summed E-state index contributed by atoms with van der Waals surface area (Å²) in [6, 6.07) is 2.58. The fourth-order valence-corrected chi connectivity index (χ4v) is 3.02. The third kappa shape index (κ3) is 5.46. The molecule has 0 N–H and O–H groups in total. The second-order valence-corrected chi connectivity index (χ2v) is 7.43. The van der Waals surface area contributed by atoms with Gasteiger partial charge in [-0.25, -0.2) is 9.36 Å². The van der Waals surface area contributed by atoms with Gasteiger partial charge < -0.3 is 14.4 Å². The zero-order chi connectivity index (χ0) is 24.4. The molecule has 0 saturated heterocycles. The standard InChI is InChI=1S/C19H18Cl2F3N3O5/c1-25(2)16(28)5-10(31-4)9-32-14-7-13(11(20)6-12(14)21)27-17(29)8-15(19(22,23)24)26(3)18(27)30/h5-8H,9H2,1-4H3/b10-5+. The summed E-state index contributed by atoms with van der Waals surface area (Å²) in [5.74, 6) is -0.285. The van der Waals surface area contributed by atoms with Crippen molar-refractivity contribution in [2.24, 2.45) is 7.05 Å². The predicted octanol–water partition coefficient (Wildman–Crippen LogP) is 2.86. The van der Waals surface area contributed by atoms with Crippen molar-refractivity contribution in [1.82, 2.24) is 14.0 Å². The lowest BCUT2D eigenvalue weighted by molar-refractivity contribution is -0.144. The first-order valence-corrected chi connectivity index (χ1v) is 9.51. The van der Waals surface area contributed by atoms with E-state index in [1.54, 1.807) is 0 Å². The molecule has 0 atom stereocenters. The number of hydrogen-bond acceptors (Lipinski definition) is 5. The number of amides is 1. The van der Waals surface area contributed by atoms with Crippen LogP contribution in [0.1, 0.15) is 5.69 Å². The minimum absolute atomic E-state index is 0.00933. The number of halogens is 5. The van der Waals surface area contributed by atoms with Crippen molar-refractivity contribution in [3.63, 3.8) is 0 Å². The minimum atomic E-state index is -4.91. The summed E-state index contributed by atoms with van der Waals surface area (Å²) in [4.78, 5) is 38.0. The molecule has 32 heavy (non-hydrogen) atoms. The van der Waals surface area contributed by atoms with Gasteiger partial charge in [0.2, 0.25) is 5.91 Å². The molecule has 174 valence electrons. The molecular formula is C19H18Cl2F3N3O5. The van der Waals surface area contributed by atoms with Crippen LogP contribution in [0.3, 0.4) is 0 Å². The summed E-state index contributed by atoms with van der Waals surface area (Å²) in [5, 5.41) is -0.184. The highest BCUT2D eigenvalue weighted by molar-refractivity contribution is 6.36. The van der Waals surface area contributed by atoms with Gasteiger partial charge in [0.05, 0.1) is 22.8 Å². The molecule has 1 aromatic carbocycles. The van der Waals surface area contributed by atoms with Gasteiger partial charge in [-0.2, -0.15) is 13.2 Å². The molecule has 0 aliphatic rings. The maximum Gasteiger partial charge on any atom is 0.431 e. The summed E-state index contributed by atoms with van der Waals surface area (Å²) in [6.07, 6.45) is -3.72. The molecule has 2 rings (SSSR count). The Bertz CT molecular complexity index is 1190. The van der Waals surface area contributed by atoms with Gasteiger partial charge in [-0.1, -0.05) is 23.2 Å². The van der Waals surface area contributed by atoms with Gasteiger partial charge in [0.25, 0.3) is 5.56 Å². The Hall–Kier alpha value is -2.92. The van der Waals surface area contributed by atoms with Crippen LogP contribution >= 0.6 is 23.2 Å². The van der Waals surface area contributed by atoms with E-state index in [2.05, 4.69) is 0 Å². The Labute approximate surface area is 190 Å². The van der Waals surface area contributed by atoms with E-state index in [0.29, 0.717) is 4.57 Å². The molecule has 1 amide bonds. The summed E-state index contributed by atoms with van der Waals surface area (Å²) in [5.41, 5.74) is -4.16. The van der Waals surface area contributed by atoms with E-state index in [9.17, 15) is 27.6 Å². The first kappa shape index (κ1) is 25.3. The largest absolute Gasteiger partial charge is 0.497 e. The average Bonchev–Trinajstić information content (AvgIpc) is 2.69. The molecule has 0 unspecified atom stereocenters. The van der Waals surface area contributed by atoms with Crippen molar-refractivity contribution < 1.29 is 27.4 Å². The fraction of sp³-hybridized carbons (Fsp3) is 0.316. The number of ether oxygens (including phenoxy) is 2. The molecule has 8 nitrogen and oxygen atoms in total. The monoisotopic (exact) mass is 495 g/mol. The highest BCUT2D eigenvalue weighted by Gasteiger charge is 2.35. The van der Waals surface area contributed by atoms with Gasteiger partial charge in [0.15, 0.2) is 0 Å². The Kier molecular flexibility index (Phi) is 7.68. The first-order chi connectivity index (χ1) is 14.8. The van der Waals surface area contributed by atoms with Gasteiger partial charge in [-0.15, -0.1) is 0 Å². The van der Waals surface area contributed by atoms with Crippen molar-refractivity contribution >= 4 is 29.1 Å². The van der Waals surface area contributed by atoms with Crippen LogP contribution in [0.15, 0.2) is 39.6 Å². The first-order valence-electron chi connectivity index (χ1n) is 8.76. The lowest BCUT2D eigenvalue weighted by atomic mass is 10.2. The molecule has 0 fully saturated rings. The average molecular weight is 496 g/mol.